The van der Waals surface area contributed by atoms with Crippen LogP contribution in [-0.4, -0.2) is 12.2 Å². The van der Waals surface area contributed by atoms with E-state index in [2.05, 4.69) is 0 Å². The number of aryl methyl sites for hydroxylation is 2. The Bertz CT molecular complexity index is 311. The van der Waals surface area contributed by atoms with Crippen LogP contribution in [0.1, 0.15) is 21.5 Å². The number of ketones is 1. The van der Waals surface area contributed by atoms with Crippen LogP contribution in [0.3, 0.4) is 0 Å². The zero-order valence-electron chi connectivity index (χ0n) is 7.47. The van der Waals surface area contributed by atoms with Crippen LogP contribution in [0.25, 0.3) is 0 Å². The summed E-state index contributed by atoms with van der Waals surface area (Å²) in [6, 6.07) is 5.05. The number of hydrogen-bond acceptors (Lipinski definition) is 1. The second-order valence-corrected chi connectivity index (χ2v) is 2.93. The molecule has 0 bridgehead atoms. The van der Waals surface area contributed by atoms with Crippen molar-refractivity contribution < 1.29 is 13.6 Å². The Morgan fingerprint density at radius 2 is 1.69 bits per heavy atom. The molecule has 0 aliphatic heterocycles. The molecule has 1 aromatic rings. The summed E-state index contributed by atoms with van der Waals surface area (Å²) in [6.45, 7) is 3.31. The van der Waals surface area contributed by atoms with Crippen LogP contribution in [0.4, 0.5) is 8.78 Å². The Balaban J connectivity index is 3.20. The van der Waals surface area contributed by atoms with E-state index in [-0.39, 0.29) is 5.56 Å². The van der Waals surface area contributed by atoms with Crippen LogP contribution in [0.2, 0.25) is 0 Å². The van der Waals surface area contributed by atoms with Crippen LogP contribution < -0.4 is 0 Å². The molecule has 1 aromatic carbocycles. The Morgan fingerprint density at radius 3 is 2.08 bits per heavy atom. The molecule has 0 spiro atoms. The van der Waals surface area contributed by atoms with Gasteiger partial charge in [0.1, 0.15) is 0 Å². The number of rotatable bonds is 2. The largest absolute Gasteiger partial charge is 0.300 e. The number of halogens is 2. The molecule has 0 aliphatic rings. The number of alkyl halides is 2. The van der Waals surface area contributed by atoms with Gasteiger partial charge in [0.25, 0.3) is 0 Å². The summed E-state index contributed by atoms with van der Waals surface area (Å²) in [5.41, 5.74) is 1.35. The van der Waals surface area contributed by atoms with Crippen LogP contribution in [0, 0.1) is 13.8 Å². The molecule has 0 radical (unpaired) electrons. The molecule has 0 fully saturated rings. The van der Waals surface area contributed by atoms with Crippen molar-refractivity contribution in [1.82, 2.24) is 0 Å². The summed E-state index contributed by atoms with van der Waals surface area (Å²) in [4.78, 5) is 11.0. The standard InChI is InChI=1S/C10H10F2O/c1-6-4-3-5-7(2)8(6)9(13)10(11)12/h3-5,10H,1-2H3. The summed E-state index contributed by atoms with van der Waals surface area (Å²) in [6.07, 6.45) is -2.92. The van der Waals surface area contributed by atoms with Crippen LogP contribution >= 0.6 is 0 Å². The second-order valence-electron chi connectivity index (χ2n) is 2.93. The summed E-state index contributed by atoms with van der Waals surface area (Å²) in [5, 5.41) is 0. The van der Waals surface area contributed by atoms with E-state index >= 15 is 0 Å². The molecule has 0 saturated heterocycles. The van der Waals surface area contributed by atoms with Crippen LogP contribution in [-0.2, 0) is 0 Å². The van der Waals surface area contributed by atoms with Crippen LogP contribution in [0.15, 0.2) is 18.2 Å². The fourth-order valence-corrected chi connectivity index (χ4v) is 1.31. The van der Waals surface area contributed by atoms with Crippen molar-refractivity contribution in [2.75, 3.05) is 0 Å². The van der Waals surface area contributed by atoms with Gasteiger partial charge in [0.2, 0.25) is 5.78 Å². The van der Waals surface area contributed by atoms with Gasteiger partial charge in [-0.3, -0.25) is 4.79 Å². The maximum Gasteiger partial charge on any atom is 0.300 e. The maximum absolute atomic E-state index is 12.1. The molecule has 0 saturated carbocycles. The lowest BCUT2D eigenvalue weighted by Gasteiger charge is -2.06. The van der Waals surface area contributed by atoms with Gasteiger partial charge in [0.05, 0.1) is 0 Å². The Kier molecular flexibility index (Phi) is 2.76. The predicted molar refractivity (Wildman–Crippen MR) is 46.3 cm³/mol. The highest BCUT2D eigenvalue weighted by molar-refractivity contribution is 6.00. The van der Waals surface area contributed by atoms with E-state index in [0.717, 1.165) is 0 Å². The van der Waals surface area contributed by atoms with Gasteiger partial charge in [-0.15, -0.1) is 0 Å². The summed E-state index contributed by atoms with van der Waals surface area (Å²) >= 11 is 0. The van der Waals surface area contributed by atoms with Crippen molar-refractivity contribution in [2.24, 2.45) is 0 Å². The topological polar surface area (TPSA) is 17.1 Å². The van der Waals surface area contributed by atoms with Crippen LogP contribution in [0.5, 0.6) is 0 Å². The Labute approximate surface area is 75.4 Å². The first-order chi connectivity index (χ1) is 6.04. The first kappa shape index (κ1) is 9.84. The van der Waals surface area contributed by atoms with Gasteiger partial charge in [-0.25, -0.2) is 8.78 Å². The average Bonchev–Trinajstić information content (AvgIpc) is 2.03. The molecule has 0 amide bonds. The summed E-state index contributed by atoms with van der Waals surface area (Å²) in [7, 11) is 0. The maximum atomic E-state index is 12.1. The van der Waals surface area contributed by atoms with E-state index in [9.17, 15) is 13.6 Å². The molecule has 0 unspecified atom stereocenters. The smallest absolute Gasteiger partial charge is 0.288 e. The molecular formula is C10H10F2O. The molecule has 0 aliphatic carbocycles. The number of Topliss-reactive ketones (excluding diaryl/α,β-unsaturated/α-hetero) is 1. The lowest BCUT2D eigenvalue weighted by atomic mass is 9.99. The number of carbonyl (C=O) groups excluding carboxylic acids is 1. The van der Waals surface area contributed by atoms with Gasteiger partial charge in [0, 0.05) is 5.56 Å². The third-order valence-corrected chi connectivity index (χ3v) is 1.93. The first-order valence-electron chi connectivity index (χ1n) is 3.92. The van der Waals surface area contributed by atoms with Gasteiger partial charge in [-0.1, -0.05) is 18.2 Å². The van der Waals surface area contributed by atoms with Gasteiger partial charge in [-0.2, -0.15) is 0 Å². The van der Waals surface area contributed by atoms with Crippen molar-refractivity contribution in [3.63, 3.8) is 0 Å². The van der Waals surface area contributed by atoms with Crippen molar-refractivity contribution in [3.05, 3.63) is 34.9 Å². The lowest BCUT2D eigenvalue weighted by molar-refractivity contribution is 0.0677. The average molecular weight is 184 g/mol. The minimum atomic E-state index is -2.92. The monoisotopic (exact) mass is 184 g/mol. The molecule has 0 aromatic heterocycles. The van der Waals surface area contributed by atoms with E-state index < -0.39 is 12.2 Å². The van der Waals surface area contributed by atoms with Gasteiger partial charge >= 0.3 is 6.43 Å². The molecule has 0 N–H and O–H groups in total. The van der Waals surface area contributed by atoms with Gasteiger partial charge in [0.15, 0.2) is 0 Å². The first-order valence-corrected chi connectivity index (χ1v) is 3.92. The van der Waals surface area contributed by atoms with E-state index in [0.29, 0.717) is 11.1 Å². The highest BCUT2D eigenvalue weighted by Gasteiger charge is 2.20. The predicted octanol–water partition coefficient (Wildman–Crippen LogP) is 2.75. The van der Waals surface area contributed by atoms with Crippen molar-refractivity contribution in [1.29, 1.82) is 0 Å². The minimum absolute atomic E-state index is 0.150. The molecule has 70 valence electrons. The molecule has 3 heteroatoms. The molecule has 13 heavy (non-hydrogen) atoms. The van der Waals surface area contributed by atoms with E-state index in [4.69, 9.17) is 0 Å². The number of benzene rings is 1. The Morgan fingerprint density at radius 1 is 1.23 bits per heavy atom. The highest BCUT2D eigenvalue weighted by Crippen LogP contribution is 2.16. The summed E-state index contributed by atoms with van der Waals surface area (Å²) < 4.78 is 24.2. The third-order valence-electron chi connectivity index (χ3n) is 1.93. The van der Waals surface area contributed by atoms with E-state index in [1.54, 1.807) is 32.0 Å². The van der Waals surface area contributed by atoms with Gasteiger partial charge < -0.3 is 0 Å². The summed E-state index contributed by atoms with van der Waals surface area (Å²) in [5.74, 6) is -1.09. The molecule has 0 heterocycles. The van der Waals surface area contributed by atoms with Gasteiger partial charge in [-0.05, 0) is 25.0 Å². The molecular weight excluding hydrogens is 174 g/mol. The van der Waals surface area contributed by atoms with E-state index in [1.165, 1.54) is 0 Å². The fraction of sp³-hybridized carbons (Fsp3) is 0.300. The normalized spacial score (nSPS) is 10.5. The zero-order chi connectivity index (χ0) is 10.0. The SMILES string of the molecule is Cc1cccc(C)c1C(=O)C(F)F. The minimum Gasteiger partial charge on any atom is -0.288 e. The molecule has 1 rings (SSSR count). The number of carbonyl (C=O) groups is 1. The third kappa shape index (κ3) is 1.91. The lowest BCUT2D eigenvalue weighted by Crippen LogP contribution is -2.13. The quantitative estimate of drug-likeness (QED) is 0.646. The molecule has 1 nitrogen and oxygen atoms in total. The molecule has 0 atom stereocenters. The highest BCUT2D eigenvalue weighted by atomic mass is 19.3. The van der Waals surface area contributed by atoms with Crippen molar-refractivity contribution in [2.45, 2.75) is 20.3 Å². The zero-order valence-corrected chi connectivity index (χ0v) is 7.47. The number of hydrogen-bond donors (Lipinski definition) is 0. The van der Waals surface area contributed by atoms with E-state index in [1.807, 2.05) is 0 Å². The second kappa shape index (κ2) is 3.64. The van der Waals surface area contributed by atoms with Crippen molar-refractivity contribution >= 4 is 5.78 Å². The fourth-order valence-electron chi connectivity index (χ4n) is 1.31. The Hall–Kier alpha value is -1.25. The van der Waals surface area contributed by atoms with Crippen molar-refractivity contribution in [3.8, 4) is 0 Å².